The van der Waals surface area contributed by atoms with Crippen LogP contribution in [0, 0.1) is 19.8 Å². The van der Waals surface area contributed by atoms with Crippen molar-refractivity contribution in [1.82, 2.24) is 9.80 Å². The number of fused-ring (bicyclic) bond motifs is 1. The third-order valence-corrected chi connectivity index (χ3v) is 6.10. The number of aryl methyl sites for hydroxylation is 2. The number of hydrogen-bond donors (Lipinski definition) is 0. The molecule has 0 aliphatic carbocycles. The highest BCUT2D eigenvalue weighted by atomic mass is 16.5. The van der Waals surface area contributed by atoms with Crippen molar-refractivity contribution in [2.45, 2.75) is 33.2 Å². The van der Waals surface area contributed by atoms with Gasteiger partial charge in [0.25, 0.3) is 0 Å². The number of rotatable bonds is 3. The van der Waals surface area contributed by atoms with Crippen LogP contribution in [0.15, 0.2) is 27.4 Å². The highest BCUT2D eigenvalue weighted by molar-refractivity contribution is 5.82. The van der Waals surface area contributed by atoms with Gasteiger partial charge in [0.1, 0.15) is 5.58 Å². The molecule has 2 aliphatic rings. The Morgan fingerprint density at radius 1 is 1.04 bits per heavy atom. The fraction of sp³-hybridized carbons (Fsp3) is 0.545. The first-order valence-electron chi connectivity index (χ1n) is 10.1. The molecular weight excluding hydrogens is 356 g/mol. The molecule has 6 heteroatoms. The Kier molecular flexibility index (Phi) is 5.51. The first kappa shape index (κ1) is 19.2. The van der Waals surface area contributed by atoms with E-state index in [1.807, 2.05) is 17.9 Å². The Morgan fingerprint density at radius 2 is 1.71 bits per heavy atom. The predicted molar refractivity (Wildman–Crippen MR) is 107 cm³/mol. The van der Waals surface area contributed by atoms with Gasteiger partial charge in [-0.15, -0.1) is 0 Å². The van der Waals surface area contributed by atoms with E-state index in [1.54, 1.807) is 6.07 Å². The zero-order valence-electron chi connectivity index (χ0n) is 16.7. The predicted octanol–water partition coefficient (Wildman–Crippen LogP) is 2.48. The number of carbonyl (C=O) groups is 1. The van der Waals surface area contributed by atoms with Crippen molar-refractivity contribution in [1.29, 1.82) is 0 Å². The maximum Gasteiger partial charge on any atom is 0.336 e. The number of hydrogen-bond acceptors (Lipinski definition) is 5. The van der Waals surface area contributed by atoms with Gasteiger partial charge in [0.2, 0.25) is 5.91 Å². The van der Waals surface area contributed by atoms with E-state index in [0.29, 0.717) is 38.4 Å². The average Bonchev–Trinajstić information content (AvgIpc) is 2.70. The van der Waals surface area contributed by atoms with Gasteiger partial charge >= 0.3 is 5.63 Å². The maximum absolute atomic E-state index is 12.7. The molecule has 0 atom stereocenters. The highest BCUT2D eigenvalue weighted by Gasteiger charge is 2.29. The molecule has 1 amide bonds. The van der Waals surface area contributed by atoms with Crippen molar-refractivity contribution in [3.8, 4) is 0 Å². The molecule has 150 valence electrons. The molecule has 0 saturated carbocycles. The molecule has 2 aromatic rings. The van der Waals surface area contributed by atoms with Gasteiger partial charge in [-0.2, -0.15) is 0 Å². The number of likely N-dealkylation sites (tertiary alicyclic amines) is 1. The summed E-state index contributed by atoms with van der Waals surface area (Å²) in [5, 5.41) is 1.01. The van der Waals surface area contributed by atoms with Gasteiger partial charge in [-0.1, -0.05) is 0 Å². The van der Waals surface area contributed by atoms with E-state index in [2.05, 4.69) is 17.9 Å². The molecule has 0 N–H and O–H groups in total. The third kappa shape index (κ3) is 3.98. The van der Waals surface area contributed by atoms with Crippen LogP contribution >= 0.6 is 0 Å². The molecule has 3 heterocycles. The molecule has 1 aromatic carbocycles. The average molecular weight is 384 g/mol. The molecular formula is C22H28N2O4. The van der Waals surface area contributed by atoms with Crippen molar-refractivity contribution in [2.24, 2.45) is 5.92 Å². The quantitative estimate of drug-likeness (QED) is 0.761. The minimum Gasteiger partial charge on any atom is -0.423 e. The van der Waals surface area contributed by atoms with Gasteiger partial charge in [-0.05, 0) is 68.6 Å². The lowest BCUT2D eigenvalue weighted by Crippen LogP contribution is -2.46. The van der Waals surface area contributed by atoms with Crippen LogP contribution in [0.3, 0.4) is 0 Å². The molecule has 0 bridgehead atoms. The van der Waals surface area contributed by atoms with Crippen molar-refractivity contribution in [2.75, 3.05) is 39.4 Å². The SMILES string of the molecule is Cc1cc2oc(=O)cc(CN3CCC(C(=O)N4CCOCC4)CC3)c2cc1C. The van der Waals surface area contributed by atoms with E-state index in [4.69, 9.17) is 9.15 Å². The second-order valence-electron chi connectivity index (χ2n) is 8.01. The van der Waals surface area contributed by atoms with Crippen LogP contribution < -0.4 is 5.63 Å². The minimum absolute atomic E-state index is 0.108. The molecule has 6 nitrogen and oxygen atoms in total. The van der Waals surface area contributed by atoms with Gasteiger partial charge < -0.3 is 14.1 Å². The molecule has 2 saturated heterocycles. The summed E-state index contributed by atoms with van der Waals surface area (Å²) >= 11 is 0. The normalized spacial score (nSPS) is 19.3. The Hall–Kier alpha value is -2.18. The molecule has 0 unspecified atom stereocenters. The van der Waals surface area contributed by atoms with Crippen LogP contribution in [0.2, 0.25) is 0 Å². The minimum atomic E-state index is -0.303. The highest BCUT2D eigenvalue weighted by Crippen LogP contribution is 2.25. The van der Waals surface area contributed by atoms with Crippen LogP contribution in [0.1, 0.15) is 29.5 Å². The second-order valence-corrected chi connectivity index (χ2v) is 8.01. The van der Waals surface area contributed by atoms with Crippen molar-refractivity contribution in [3.63, 3.8) is 0 Å². The third-order valence-electron chi connectivity index (χ3n) is 6.10. The van der Waals surface area contributed by atoms with Crippen LogP contribution in [-0.2, 0) is 16.1 Å². The second kappa shape index (κ2) is 8.05. The standard InChI is InChI=1S/C22H28N2O4/c1-15-11-19-18(13-21(25)28-20(19)12-16(15)2)14-23-5-3-17(4-6-23)22(26)24-7-9-27-10-8-24/h11-13,17H,3-10,14H2,1-2H3. The number of benzene rings is 1. The Morgan fingerprint density at radius 3 is 2.43 bits per heavy atom. The Bertz CT molecular complexity index is 922. The summed E-state index contributed by atoms with van der Waals surface area (Å²) in [6, 6.07) is 5.67. The summed E-state index contributed by atoms with van der Waals surface area (Å²) in [6.45, 7) is 9.27. The Balaban J connectivity index is 1.44. The molecule has 2 fully saturated rings. The van der Waals surface area contributed by atoms with Crippen LogP contribution in [-0.4, -0.2) is 55.1 Å². The fourth-order valence-electron chi connectivity index (χ4n) is 4.23. The van der Waals surface area contributed by atoms with Crippen molar-refractivity contribution >= 4 is 16.9 Å². The molecule has 28 heavy (non-hydrogen) atoms. The van der Waals surface area contributed by atoms with E-state index in [9.17, 15) is 9.59 Å². The van der Waals surface area contributed by atoms with E-state index in [1.165, 1.54) is 5.56 Å². The summed E-state index contributed by atoms with van der Waals surface area (Å²) < 4.78 is 10.8. The summed E-state index contributed by atoms with van der Waals surface area (Å²) in [4.78, 5) is 29.0. The van der Waals surface area contributed by atoms with Crippen LogP contribution in [0.25, 0.3) is 11.0 Å². The number of carbonyl (C=O) groups excluding carboxylic acids is 1. The summed E-state index contributed by atoms with van der Waals surface area (Å²) in [7, 11) is 0. The molecule has 2 aliphatic heterocycles. The summed E-state index contributed by atoms with van der Waals surface area (Å²) in [5.41, 5.74) is 3.67. The number of ether oxygens (including phenoxy) is 1. The maximum atomic E-state index is 12.7. The number of amides is 1. The van der Waals surface area contributed by atoms with Gasteiger partial charge in [0, 0.05) is 37.0 Å². The molecule has 0 radical (unpaired) electrons. The molecule has 0 spiro atoms. The zero-order chi connectivity index (χ0) is 19.7. The van der Waals surface area contributed by atoms with Crippen molar-refractivity contribution < 1.29 is 13.9 Å². The molecule has 4 rings (SSSR count). The first-order valence-corrected chi connectivity index (χ1v) is 10.1. The lowest BCUT2D eigenvalue weighted by molar-refractivity contribution is -0.141. The van der Waals surface area contributed by atoms with E-state index in [0.717, 1.165) is 42.4 Å². The zero-order valence-corrected chi connectivity index (χ0v) is 16.7. The lowest BCUT2D eigenvalue weighted by atomic mass is 9.94. The lowest BCUT2D eigenvalue weighted by Gasteiger charge is -2.35. The topological polar surface area (TPSA) is 63.0 Å². The van der Waals surface area contributed by atoms with Crippen LogP contribution in [0.5, 0.6) is 0 Å². The molecule has 1 aromatic heterocycles. The van der Waals surface area contributed by atoms with E-state index >= 15 is 0 Å². The monoisotopic (exact) mass is 384 g/mol. The fourth-order valence-corrected chi connectivity index (χ4v) is 4.23. The number of nitrogens with zero attached hydrogens (tertiary/aromatic N) is 2. The van der Waals surface area contributed by atoms with Crippen LogP contribution in [0.4, 0.5) is 0 Å². The van der Waals surface area contributed by atoms with Gasteiger partial charge in [0.15, 0.2) is 0 Å². The van der Waals surface area contributed by atoms with Crippen molar-refractivity contribution in [3.05, 3.63) is 45.3 Å². The largest absolute Gasteiger partial charge is 0.423 e. The first-order chi connectivity index (χ1) is 13.5. The number of morpholine rings is 1. The van der Waals surface area contributed by atoms with Gasteiger partial charge in [-0.3, -0.25) is 9.69 Å². The summed E-state index contributed by atoms with van der Waals surface area (Å²) in [6.07, 6.45) is 1.74. The van der Waals surface area contributed by atoms with Gasteiger partial charge in [-0.25, -0.2) is 4.79 Å². The summed E-state index contributed by atoms with van der Waals surface area (Å²) in [5.74, 6) is 0.386. The number of piperidine rings is 1. The Labute approximate surface area is 165 Å². The van der Waals surface area contributed by atoms with E-state index < -0.39 is 0 Å². The van der Waals surface area contributed by atoms with Gasteiger partial charge in [0.05, 0.1) is 13.2 Å². The smallest absolute Gasteiger partial charge is 0.336 e. The van der Waals surface area contributed by atoms with E-state index in [-0.39, 0.29) is 17.5 Å².